The molecule has 0 saturated carbocycles. The van der Waals surface area contributed by atoms with Crippen molar-refractivity contribution in [3.8, 4) is 0 Å². The van der Waals surface area contributed by atoms with E-state index in [1.54, 1.807) is 0 Å². The predicted molar refractivity (Wildman–Crippen MR) is 70.1 cm³/mol. The summed E-state index contributed by atoms with van der Waals surface area (Å²) in [5.74, 6) is -0.164. The second kappa shape index (κ2) is 6.01. The average molecular weight is 280 g/mol. The van der Waals surface area contributed by atoms with E-state index in [1.807, 2.05) is 30.3 Å². The molecule has 2 aromatic rings. The van der Waals surface area contributed by atoms with E-state index >= 15 is 0 Å². The smallest absolute Gasteiger partial charge is 0.413 e. The Hall–Kier alpha value is -2.34. The summed E-state index contributed by atoms with van der Waals surface area (Å²) in [6, 6.07) is 10.3. The van der Waals surface area contributed by atoms with Crippen molar-refractivity contribution in [1.29, 1.82) is 0 Å². The molecule has 0 unspecified atom stereocenters. The number of aromatic nitrogens is 2. The monoisotopic (exact) mass is 279 g/mol. The van der Waals surface area contributed by atoms with Gasteiger partial charge in [-0.25, -0.2) is 4.79 Å². The van der Waals surface area contributed by atoms with Crippen LogP contribution in [0.4, 0.5) is 10.6 Å². The maximum Gasteiger partial charge on any atom is 0.413 e. The maximum absolute atomic E-state index is 11.5. The van der Waals surface area contributed by atoms with Crippen molar-refractivity contribution in [2.75, 3.05) is 5.32 Å². The second-order valence-electron chi connectivity index (χ2n) is 3.62. The van der Waals surface area contributed by atoms with Gasteiger partial charge in [0, 0.05) is 6.07 Å². The molecule has 1 amide bonds. The highest BCUT2D eigenvalue weighted by molar-refractivity contribution is 6.29. The first-order valence-corrected chi connectivity index (χ1v) is 5.76. The van der Waals surface area contributed by atoms with E-state index in [1.165, 1.54) is 0 Å². The summed E-state index contributed by atoms with van der Waals surface area (Å²) in [6.45, 7) is 0.109. The number of anilines is 1. The highest BCUT2D eigenvalue weighted by atomic mass is 35.5. The number of amides is 1. The third-order valence-corrected chi connectivity index (χ3v) is 2.39. The minimum atomic E-state index is -0.760. The van der Waals surface area contributed by atoms with E-state index in [0.717, 1.165) is 11.6 Å². The Morgan fingerprint density at radius 3 is 2.79 bits per heavy atom. The van der Waals surface area contributed by atoms with Gasteiger partial charge in [-0.2, -0.15) is 5.10 Å². The lowest BCUT2D eigenvalue weighted by Gasteiger charge is -2.05. The van der Waals surface area contributed by atoms with Crippen LogP contribution in [0.5, 0.6) is 0 Å². The van der Waals surface area contributed by atoms with Crippen LogP contribution in [0.2, 0.25) is 5.15 Å². The zero-order valence-electron chi connectivity index (χ0n) is 9.72. The van der Waals surface area contributed by atoms with Crippen molar-refractivity contribution in [3.63, 3.8) is 0 Å². The van der Waals surface area contributed by atoms with Crippen LogP contribution in [0.25, 0.3) is 0 Å². The summed E-state index contributed by atoms with van der Waals surface area (Å²) < 4.78 is 4.94. The highest BCUT2D eigenvalue weighted by Gasteiger charge is 2.08. The minimum absolute atomic E-state index is 0.0909. The molecule has 0 atom stereocenters. The van der Waals surface area contributed by atoms with E-state index in [-0.39, 0.29) is 17.6 Å². The molecule has 1 aromatic carbocycles. The van der Waals surface area contributed by atoms with Crippen LogP contribution in [0.3, 0.4) is 0 Å². The lowest BCUT2D eigenvalue weighted by Crippen LogP contribution is -2.20. The van der Waals surface area contributed by atoms with E-state index in [4.69, 9.17) is 16.3 Å². The molecular weight excluding hydrogens is 270 g/mol. The molecule has 0 radical (unpaired) electrons. The summed E-state index contributed by atoms with van der Waals surface area (Å²) in [7, 11) is 0. The first-order chi connectivity index (χ1) is 9.15. The number of benzene rings is 1. The predicted octanol–water partition coefficient (Wildman–Crippen LogP) is 2.17. The van der Waals surface area contributed by atoms with Crippen molar-refractivity contribution >= 4 is 23.5 Å². The number of rotatable bonds is 3. The van der Waals surface area contributed by atoms with Gasteiger partial charge in [-0.05, 0) is 5.56 Å². The standard InChI is InChI=1S/C12H10ClN3O3/c13-10-6-9(17)11(16-15-10)14-12(18)19-7-8-4-2-1-3-5-8/h1-6H,7H2,(H,15,17)(H,14,16,18). The van der Waals surface area contributed by atoms with Gasteiger partial charge in [-0.3, -0.25) is 15.2 Å². The van der Waals surface area contributed by atoms with Crippen molar-refractivity contribution < 1.29 is 9.53 Å². The lowest BCUT2D eigenvalue weighted by molar-refractivity contribution is 0.155. The van der Waals surface area contributed by atoms with Gasteiger partial charge < -0.3 is 4.74 Å². The second-order valence-corrected chi connectivity index (χ2v) is 4.02. The molecule has 19 heavy (non-hydrogen) atoms. The summed E-state index contributed by atoms with van der Waals surface area (Å²) in [5, 5.41) is 8.28. The van der Waals surface area contributed by atoms with E-state index in [2.05, 4.69) is 15.5 Å². The van der Waals surface area contributed by atoms with Crippen LogP contribution < -0.4 is 10.7 Å². The fourth-order valence-electron chi connectivity index (χ4n) is 1.33. The molecule has 0 saturated heterocycles. The molecular formula is C12H10ClN3O3. The van der Waals surface area contributed by atoms with Crippen LogP contribution in [-0.4, -0.2) is 16.3 Å². The van der Waals surface area contributed by atoms with Crippen molar-refractivity contribution in [2.24, 2.45) is 0 Å². The summed E-state index contributed by atoms with van der Waals surface area (Å²) >= 11 is 5.53. The Morgan fingerprint density at radius 1 is 1.37 bits per heavy atom. The number of H-pyrrole nitrogens is 1. The van der Waals surface area contributed by atoms with Crippen LogP contribution >= 0.6 is 11.6 Å². The van der Waals surface area contributed by atoms with E-state index < -0.39 is 11.5 Å². The van der Waals surface area contributed by atoms with E-state index in [0.29, 0.717) is 0 Å². The van der Waals surface area contributed by atoms with Crippen molar-refractivity contribution in [2.45, 2.75) is 6.61 Å². The lowest BCUT2D eigenvalue weighted by atomic mass is 10.2. The van der Waals surface area contributed by atoms with Gasteiger partial charge in [0.2, 0.25) is 11.2 Å². The number of nitrogens with one attached hydrogen (secondary N) is 2. The van der Waals surface area contributed by atoms with Crippen LogP contribution in [-0.2, 0) is 11.3 Å². The normalized spacial score (nSPS) is 9.95. The molecule has 2 N–H and O–H groups in total. The maximum atomic E-state index is 11.5. The molecule has 6 nitrogen and oxygen atoms in total. The van der Waals surface area contributed by atoms with Crippen LogP contribution in [0, 0.1) is 0 Å². The number of halogens is 1. The SMILES string of the molecule is O=C(Nc1n[nH]c(Cl)cc1=O)OCc1ccccc1. The van der Waals surface area contributed by atoms with Crippen molar-refractivity contribution in [3.05, 3.63) is 57.3 Å². The fraction of sp³-hybridized carbons (Fsp3) is 0.0833. The Balaban J connectivity index is 1.93. The highest BCUT2D eigenvalue weighted by Crippen LogP contribution is 2.03. The average Bonchev–Trinajstić information content (AvgIpc) is 2.41. The van der Waals surface area contributed by atoms with Crippen molar-refractivity contribution in [1.82, 2.24) is 10.2 Å². The van der Waals surface area contributed by atoms with Gasteiger partial charge in [0.25, 0.3) is 0 Å². The molecule has 0 bridgehead atoms. The number of aromatic amines is 1. The molecule has 0 aliphatic rings. The molecule has 0 aliphatic carbocycles. The number of carbonyl (C=O) groups excluding carboxylic acids is 1. The number of carbonyl (C=O) groups is 1. The molecule has 7 heteroatoms. The largest absolute Gasteiger partial charge is 0.444 e. The van der Waals surface area contributed by atoms with Crippen LogP contribution in [0.1, 0.15) is 5.56 Å². The molecule has 0 fully saturated rings. The summed E-state index contributed by atoms with van der Waals surface area (Å²) in [5.41, 5.74) is 0.344. The third kappa shape index (κ3) is 3.82. The molecule has 0 aliphatic heterocycles. The zero-order chi connectivity index (χ0) is 13.7. The van der Waals surface area contributed by atoms with Gasteiger partial charge in [0.1, 0.15) is 11.8 Å². The number of nitrogens with zero attached hydrogens (tertiary/aromatic N) is 1. The molecule has 0 spiro atoms. The number of hydrogen-bond acceptors (Lipinski definition) is 4. The Labute approximate surface area is 113 Å². The van der Waals surface area contributed by atoms with Gasteiger partial charge in [-0.1, -0.05) is 41.9 Å². The summed E-state index contributed by atoms with van der Waals surface area (Å²) in [4.78, 5) is 22.9. The first-order valence-electron chi connectivity index (χ1n) is 5.38. The Bertz CT molecular complexity index is 628. The van der Waals surface area contributed by atoms with Gasteiger partial charge in [-0.15, -0.1) is 0 Å². The Kier molecular flexibility index (Phi) is 4.15. The molecule has 2 rings (SSSR count). The number of hydrogen-bond donors (Lipinski definition) is 2. The van der Waals surface area contributed by atoms with Gasteiger partial charge in [0.05, 0.1) is 0 Å². The quantitative estimate of drug-likeness (QED) is 0.902. The van der Waals surface area contributed by atoms with E-state index in [9.17, 15) is 9.59 Å². The van der Waals surface area contributed by atoms with Crippen LogP contribution in [0.15, 0.2) is 41.2 Å². The molecule has 1 heterocycles. The Morgan fingerprint density at radius 2 is 2.11 bits per heavy atom. The topological polar surface area (TPSA) is 84.1 Å². The van der Waals surface area contributed by atoms with Gasteiger partial charge in [0.15, 0.2) is 0 Å². The minimum Gasteiger partial charge on any atom is -0.444 e. The molecule has 1 aromatic heterocycles. The third-order valence-electron chi connectivity index (χ3n) is 2.20. The zero-order valence-corrected chi connectivity index (χ0v) is 10.5. The fourth-order valence-corrected chi connectivity index (χ4v) is 1.47. The first kappa shape index (κ1) is 13.1. The van der Waals surface area contributed by atoms with Gasteiger partial charge >= 0.3 is 6.09 Å². The summed E-state index contributed by atoms with van der Waals surface area (Å²) in [6.07, 6.45) is -0.760. The molecule has 98 valence electrons. The number of ether oxygens (including phenoxy) is 1.